The Balaban J connectivity index is -0.0000000300. The zero-order chi connectivity index (χ0) is 7.15. The third kappa shape index (κ3) is 77800. The predicted molar refractivity (Wildman–Crippen MR) is 27.7 cm³/mol. The molecule has 0 saturated heterocycles. The van der Waals surface area contributed by atoms with Crippen LogP contribution in [0.15, 0.2) is 0 Å². The molecule has 9 heavy (non-hydrogen) atoms. The minimum atomic E-state index is -0.833. The van der Waals surface area contributed by atoms with Gasteiger partial charge in [0, 0.05) is 13.8 Å². The SMILES string of the molecule is CC(=O)O.CC(=O)O.[H-].[Na+]. The van der Waals surface area contributed by atoms with E-state index >= 15 is 0 Å². The van der Waals surface area contributed by atoms with Gasteiger partial charge in [-0.25, -0.2) is 0 Å². The topological polar surface area (TPSA) is 74.6 Å². The molecule has 0 heterocycles. The Morgan fingerprint density at radius 2 is 1.11 bits per heavy atom. The largest absolute Gasteiger partial charge is 1.00 e. The van der Waals surface area contributed by atoms with E-state index in [9.17, 15) is 0 Å². The van der Waals surface area contributed by atoms with Gasteiger partial charge in [0.2, 0.25) is 0 Å². The van der Waals surface area contributed by atoms with Gasteiger partial charge in [0.15, 0.2) is 0 Å². The Morgan fingerprint density at radius 3 is 1.11 bits per heavy atom. The standard InChI is InChI=1S/2C2H4O2.Na.H/c2*1-2(3)4;;/h2*1H3,(H,3,4);;/q;;+1;-1. The number of hydrogen-bond acceptors (Lipinski definition) is 2. The van der Waals surface area contributed by atoms with Gasteiger partial charge in [-0.05, 0) is 0 Å². The number of rotatable bonds is 0. The van der Waals surface area contributed by atoms with Gasteiger partial charge in [-0.2, -0.15) is 0 Å². The van der Waals surface area contributed by atoms with Crippen LogP contribution in [-0.2, 0) is 9.59 Å². The summed E-state index contributed by atoms with van der Waals surface area (Å²) in [5, 5.41) is 14.8. The summed E-state index contributed by atoms with van der Waals surface area (Å²) in [5.74, 6) is -1.67. The first-order valence-electron chi connectivity index (χ1n) is 1.86. The van der Waals surface area contributed by atoms with Crippen LogP contribution in [0.2, 0.25) is 0 Å². The molecule has 0 aromatic rings. The van der Waals surface area contributed by atoms with E-state index in [-0.39, 0.29) is 31.0 Å². The fourth-order valence-electron chi connectivity index (χ4n) is 0. The van der Waals surface area contributed by atoms with Crippen molar-refractivity contribution in [2.24, 2.45) is 0 Å². The molecule has 0 spiro atoms. The van der Waals surface area contributed by atoms with Gasteiger partial charge in [-0.3, -0.25) is 9.59 Å². The molecule has 0 rings (SSSR count). The van der Waals surface area contributed by atoms with Crippen LogP contribution in [0.4, 0.5) is 0 Å². The molecule has 4 nitrogen and oxygen atoms in total. The van der Waals surface area contributed by atoms with Crippen molar-refractivity contribution in [3.8, 4) is 0 Å². The molecule has 5 heteroatoms. The van der Waals surface area contributed by atoms with E-state index in [2.05, 4.69) is 0 Å². The van der Waals surface area contributed by atoms with E-state index in [0.29, 0.717) is 0 Å². The van der Waals surface area contributed by atoms with Crippen molar-refractivity contribution in [3.05, 3.63) is 0 Å². The maximum absolute atomic E-state index is 9.00. The minimum Gasteiger partial charge on any atom is -1.00 e. The molecule has 0 atom stereocenters. The quantitative estimate of drug-likeness (QED) is 0.363. The van der Waals surface area contributed by atoms with E-state index in [1.54, 1.807) is 0 Å². The maximum atomic E-state index is 9.00. The molecule has 0 aromatic carbocycles. The molecule has 50 valence electrons. The summed E-state index contributed by atoms with van der Waals surface area (Å²) in [7, 11) is 0. The van der Waals surface area contributed by atoms with Gasteiger partial charge in [0.25, 0.3) is 11.9 Å². The maximum Gasteiger partial charge on any atom is 1.00 e. The average Bonchev–Trinajstić information content (AvgIpc) is 1.25. The summed E-state index contributed by atoms with van der Waals surface area (Å²) in [6.07, 6.45) is 0. The second-order valence-electron chi connectivity index (χ2n) is 1.04. The summed E-state index contributed by atoms with van der Waals surface area (Å²) in [6, 6.07) is 0. The summed E-state index contributed by atoms with van der Waals surface area (Å²) < 4.78 is 0. The van der Waals surface area contributed by atoms with Crippen molar-refractivity contribution in [2.75, 3.05) is 0 Å². The predicted octanol–water partition coefficient (Wildman–Crippen LogP) is -2.70. The van der Waals surface area contributed by atoms with Crippen LogP contribution in [0.25, 0.3) is 0 Å². The molecule has 0 unspecified atom stereocenters. The first-order chi connectivity index (χ1) is 3.46. The fourth-order valence-corrected chi connectivity index (χ4v) is 0. The van der Waals surface area contributed by atoms with Gasteiger partial charge < -0.3 is 11.6 Å². The molecule has 0 bridgehead atoms. The monoisotopic (exact) mass is 144 g/mol. The van der Waals surface area contributed by atoms with Gasteiger partial charge in [0.1, 0.15) is 0 Å². The van der Waals surface area contributed by atoms with Crippen molar-refractivity contribution in [2.45, 2.75) is 13.8 Å². The van der Waals surface area contributed by atoms with Gasteiger partial charge in [0.05, 0.1) is 0 Å². The fraction of sp³-hybridized carbons (Fsp3) is 0.500. The van der Waals surface area contributed by atoms with E-state index in [0.717, 1.165) is 13.8 Å². The molecule has 0 aliphatic heterocycles. The number of carboxylic acids is 2. The Bertz CT molecular complexity index is 75.3. The van der Waals surface area contributed by atoms with Crippen molar-refractivity contribution < 1.29 is 50.8 Å². The van der Waals surface area contributed by atoms with Crippen molar-refractivity contribution in [1.82, 2.24) is 0 Å². The van der Waals surface area contributed by atoms with Gasteiger partial charge in [-0.1, -0.05) is 0 Å². The van der Waals surface area contributed by atoms with Gasteiger partial charge >= 0.3 is 29.6 Å². The number of aliphatic carboxylic acids is 2. The molecule has 0 aliphatic rings. The molecule has 0 radical (unpaired) electrons. The number of hydrogen-bond donors (Lipinski definition) is 2. The molecule has 0 fully saturated rings. The molecular weight excluding hydrogens is 135 g/mol. The summed E-state index contributed by atoms with van der Waals surface area (Å²) in [6.45, 7) is 2.17. The van der Waals surface area contributed by atoms with Crippen molar-refractivity contribution in [1.29, 1.82) is 0 Å². The smallest absolute Gasteiger partial charge is 1.00 e. The van der Waals surface area contributed by atoms with Crippen LogP contribution < -0.4 is 29.6 Å². The molecule has 0 aromatic heterocycles. The van der Waals surface area contributed by atoms with E-state index < -0.39 is 11.9 Å². The summed E-state index contributed by atoms with van der Waals surface area (Å²) >= 11 is 0. The van der Waals surface area contributed by atoms with Crippen LogP contribution in [0.3, 0.4) is 0 Å². The molecular formula is C4H9NaO4. The number of carboxylic acid groups (broad SMARTS) is 2. The third-order valence-electron chi connectivity index (χ3n) is 0. The van der Waals surface area contributed by atoms with Crippen molar-refractivity contribution in [3.63, 3.8) is 0 Å². The Morgan fingerprint density at radius 1 is 1.11 bits per heavy atom. The Kier molecular flexibility index (Phi) is 19.2. The second kappa shape index (κ2) is 10.8. The van der Waals surface area contributed by atoms with E-state index in [1.807, 2.05) is 0 Å². The van der Waals surface area contributed by atoms with Crippen LogP contribution in [0.5, 0.6) is 0 Å². The Hall–Kier alpha value is -0.0600. The van der Waals surface area contributed by atoms with Crippen LogP contribution in [0, 0.1) is 0 Å². The molecule has 0 saturated carbocycles. The average molecular weight is 144 g/mol. The van der Waals surface area contributed by atoms with Crippen LogP contribution in [0.1, 0.15) is 15.3 Å². The summed E-state index contributed by atoms with van der Waals surface area (Å²) in [4.78, 5) is 18.0. The van der Waals surface area contributed by atoms with Crippen LogP contribution >= 0.6 is 0 Å². The molecule has 2 N–H and O–H groups in total. The van der Waals surface area contributed by atoms with E-state index in [4.69, 9.17) is 19.8 Å². The molecule has 0 amide bonds. The first-order valence-corrected chi connectivity index (χ1v) is 1.86. The summed E-state index contributed by atoms with van der Waals surface area (Å²) in [5.41, 5.74) is 0. The minimum absolute atomic E-state index is 0. The van der Waals surface area contributed by atoms with Crippen LogP contribution in [-0.4, -0.2) is 22.2 Å². The second-order valence-corrected chi connectivity index (χ2v) is 1.04. The number of carbonyl (C=O) groups is 2. The third-order valence-corrected chi connectivity index (χ3v) is 0. The normalized spacial score (nSPS) is 5.56. The zero-order valence-electron chi connectivity index (χ0n) is 6.71. The van der Waals surface area contributed by atoms with Gasteiger partial charge in [-0.15, -0.1) is 0 Å². The molecule has 0 aliphatic carbocycles. The zero-order valence-corrected chi connectivity index (χ0v) is 7.71. The first kappa shape index (κ1) is 16.0. The van der Waals surface area contributed by atoms with Crippen molar-refractivity contribution >= 4 is 11.9 Å². The Labute approximate surface area is 76.6 Å². The van der Waals surface area contributed by atoms with E-state index in [1.165, 1.54) is 0 Å².